The molecule has 5 nitrogen and oxygen atoms in total. The summed E-state index contributed by atoms with van der Waals surface area (Å²) in [6.45, 7) is 0. The number of ketones is 1. The van der Waals surface area contributed by atoms with Gasteiger partial charge in [0.05, 0.1) is 0 Å². The minimum absolute atomic E-state index is 0.202. The molecule has 1 aliphatic heterocycles. The fourth-order valence-electron chi connectivity index (χ4n) is 1.81. The quantitative estimate of drug-likeness (QED) is 0.530. The molecule has 3 rings (SSSR count). The van der Waals surface area contributed by atoms with Crippen LogP contribution in [0.1, 0.15) is 10.7 Å². The number of amides is 1. The molecular formula is C13H7FN2O3S2. The van der Waals surface area contributed by atoms with Crippen LogP contribution in [0.15, 0.2) is 34.9 Å². The first-order chi connectivity index (χ1) is 10.0. The number of halogens is 1. The molecule has 106 valence electrons. The van der Waals surface area contributed by atoms with Crippen LogP contribution in [0.25, 0.3) is 11.3 Å². The van der Waals surface area contributed by atoms with Crippen LogP contribution >= 0.6 is 24.0 Å². The van der Waals surface area contributed by atoms with Crippen molar-refractivity contribution in [2.75, 3.05) is 0 Å². The molecule has 0 saturated carbocycles. The molecule has 2 heterocycles. The third kappa shape index (κ3) is 2.72. The van der Waals surface area contributed by atoms with E-state index in [2.05, 4.69) is 10.3 Å². The van der Waals surface area contributed by atoms with Crippen molar-refractivity contribution < 1.29 is 18.4 Å². The average molecular weight is 322 g/mol. The van der Waals surface area contributed by atoms with Crippen molar-refractivity contribution in [1.29, 1.82) is 0 Å². The number of oxazole rings is 1. The average Bonchev–Trinajstić information content (AvgIpc) is 3.05. The Kier molecular flexibility index (Phi) is 3.56. The van der Waals surface area contributed by atoms with Gasteiger partial charge in [-0.1, -0.05) is 36.1 Å². The lowest BCUT2D eigenvalue weighted by atomic mass is 10.2. The number of carbonyl (C=O) groups is 2. The topological polar surface area (TPSA) is 72.2 Å². The molecule has 1 saturated heterocycles. The Morgan fingerprint density at radius 1 is 1.48 bits per heavy atom. The molecule has 1 N–H and O–H groups in total. The van der Waals surface area contributed by atoms with Gasteiger partial charge in [0.1, 0.15) is 22.1 Å². The van der Waals surface area contributed by atoms with Crippen molar-refractivity contribution in [3.63, 3.8) is 0 Å². The monoisotopic (exact) mass is 322 g/mol. The first-order valence-corrected chi connectivity index (χ1v) is 7.10. The first-order valence-electron chi connectivity index (χ1n) is 5.82. The number of benzene rings is 1. The molecule has 1 aromatic carbocycles. The number of thioether (sulfide) groups is 1. The van der Waals surface area contributed by atoms with Crippen LogP contribution < -0.4 is 5.32 Å². The highest BCUT2D eigenvalue weighted by atomic mass is 32.2. The van der Waals surface area contributed by atoms with E-state index in [9.17, 15) is 14.0 Å². The van der Waals surface area contributed by atoms with E-state index >= 15 is 0 Å². The Morgan fingerprint density at radius 3 is 2.95 bits per heavy atom. The van der Waals surface area contributed by atoms with E-state index in [1.54, 1.807) is 6.07 Å². The van der Waals surface area contributed by atoms with Crippen LogP contribution in [-0.2, 0) is 4.79 Å². The number of carbonyl (C=O) groups excluding carboxylic acids is 2. The van der Waals surface area contributed by atoms with Gasteiger partial charge < -0.3 is 9.73 Å². The largest absolute Gasteiger partial charge is 0.442 e. The molecule has 0 radical (unpaired) electrons. The molecule has 0 bridgehead atoms. The van der Waals surface area contributed by atoms with E-state index in [1.165, 1.54) is 24.5 Å². The van der Waals surface area contributed by atoms with Crippen LogP contribution in [0.4, 0.5) is 4.39 Å². The minimum atomic E-state index is -0.989. The van der Waals surface area contributed by atoms with Crippen LogP contribution in [0.5, 0.6) is 0 Å². The normalized spacial score (nSPS) is 17.9. The number of nitrogens with one attached hydrogen (secondary N) is 1. The molecule has 0 spiro atoms. The number of hydrogen-bond acceptors (Lipinski definition) is 6. The Labute approximate surface area is 127 Å². The molecule has 1 aliphatic rings. The van der Waals surface area contributed by atoms with Gasteiger partial charge in [0.15, 0.2) is 5.25 Å². The van der Waals surface area contributed by atoms with E-state index in [1.807, 2.05) is 0 Å². The highest BCUT2D eigenvalue weighted by Gasteiger charge is 2.38. The second-order valence-corrected chi connectivity index (χ2v) is 5.97. The minimum Gasteiger partial charge on any atom is -0.442 e. The Morgan fingerprint density at radius 2 is 2.29 bits per heavy atom. The van der Waals surface area contributed by atoms with Gasteiger partial charge in [-0.05, 0) is 12.1 Å². The van der Waals surface area contributed by atoms with Crippen molar-refractivity contribution in [3.05, 3.63) is 42.2 Å². The Hall–Kier alpha value is -2.06. The number of Topliss-reactive ketones (excluding diaryl/α,β-unsaturated/α-hetero) is 1. The van der Waals surface area contributed by atoms with Crippen LogP contribution in [0.3, 0.4) is 0 Å². The fraction of sp³-hybridized carbons (Fsp3) is 0.0769. The van der Waals surface area contributed by atoms with Gasteiger partial charge >= 0.3 is 0 Å². The third-order valence-corrected chi connectivity index (χ3v) is 4.13. The van der Waals surface area contributed by atoms with Crippen molar-refractivity contribution in [2.45, 2.75) is 5.25 Å². The summed E-state index contributed by atoms with van der Waals surface area (Å²) in [4.78, 5) is 27.7. The zero-order valence-corrected chi connectivity index (χ0v) is 12.0. The fourth-order valence-corrected chi connectivity index (χ4v) is 2.94. The zero-order chi connectivity index (χ0) is 15.0. The van der Waals surface area contributed by atoms with Crippen molar-refractivity contribution >= 4 is 40.0 Å². The summed E-state index contributed by atoms with van der Waals surface area (Å²) in [6.07, 6.45) is 1.25. The van der Waals surface area contributed by atoms with Crippen LogP contribution in [-0.4, -0.2) is 26.2 Å². The molecular weight excluding hydrogens is 315 g/mol. The van der Waals surface area contributed by atoms with Crippen molar-refractivity contribution in [3.8, 4) is 11.3 Å². The van der Waals surface area contributed by atoms with E-state index in [0.29, 0.717) is 11.3 Å². The van der Waals surface area contributed by atoms with E-state index in [0.717, 1.165) is 11.8 Å². The van der Waals surface area contributed by atoms with E-state index < -0.39 is 22.8 Å². The van der Waals surface area contributed by atoms with E-state index in [4.69, 9.17) is 16.6 Å². The lowest BCUT2D eigenvalue weighted by molar-refractivity contribution is -0.118. The SMILES string of the molecule is O=C1NC(=S)SC1C(=O)c1nc(-c2cccc(F)c2)co1. The molecule has 1 unspecified atom stereocenters. The Bertz CT molecular complexity index is 759. The van der Waals surface area contributed by atoms with E-state index in [-0.39, 0.29) is 10.2 Å². The van der Waals surface area contributed by atoms with Gasteiger partial charge in [-0.3, -0.25) is 9.59 Å². The summed E-state index contributed by atoms with van der Waals surface area (Å²) < 4.78 is 18.5. The van der Waals surface area contributed by atoms with Gasteiger partial charge in [-0.25, -0.2) is 9.37 Å². The molecule has 1 atom stereocenters. The molecule has 1 amide bonds. The molecule has 8 heteroatoms. The second-order valence-electron chi connectivity index (χ2n) is 4.19. The molecule has 21 heavy (non-hydrogen) atoms. The molecule has 1 fully saturated rings. The maximum absolute atomic E-state index is 13.2. The standard InChI is InChI=1S/C13H7FN2O3S2/c14-7-3-1-2-6(4-7)8-5-19-12(15-8)9(17)10-11(18)16-13(20)21-10/h1-5,10H,(H,16,18,20). The summed E-state index contributed by atoms with van der Waals surface area (Å²) in [7, 11) is 0. The number of nitrogens with zero attached hydrogens (tertiary/aromatic N) is 1. The molecule has 0 aliphatic carbocycles. The smallest absolute Gasteiger partial charge is 0.265 e. The van der Waals surface area contributed by atoms with Crippen molar-refractivity contribution in [2.24, 2.45) is 0 Å². The predicted octanol–water partition coefficient (Wildman–Crippen LogP) is 2.18. The van der Waals surface area contributed by atoms with Crippen LogP contribution in [0, 0.1) is 5.82 Å². The Balaban J connectivity index is 1.87. The lowest BCUT2D eigenvalue weighted by Gasteiger charge is -1.99. The lowest BCUT2D eigenvalue weighted by Crippen LogP contribution is -2.30. The number of rotatable bonds is 3. The zero-order valence-electron chi connectivity index (χ0n) is 10.3. The number of aromatic nitrogens is 1. The summed E-state index contributed by atoms with van der Waals surface area (Å²) >= 11 is 5.77. The third-order valence-electron chi connectivity index (χ3n) is 2.76. The van der Waals surface area contributed by atoms with Gasteiger partial charge in [0.2, 0.25) is 11.7 Å². The van der Waals surface area contributed by atoms with Gasteiger partial charge in [0.25, 0.3) is 5.89 Å². The van der Waals surface area contributed by atoms with Gasteiger partial charge in [0, 0.05) is 5.56 Å². The molecule has 1 aromatic heterocycles. The van der Waals surface area contributed by atoms with Crippen LogP contribution in [0.2, 0.25) is 0 Å². The maximum atomic E-state index is 13.2. The number of thiocarbonyl (C=S) groups is 1. The summed E-state index contributed by atoms with van der Waals surface area (Å²) in [5.41, 5.74) is 0.806. The summed E-state index contributed by atoms with van der Waals surface area (Å²) in [5, 5.41) is 1.39. The number of hydrogen-bond donors (Lipinski definition) is 1. The second kappa shape index (κ2) is 5.38. The molecule has 2 aromatic rings. The summed E-state index contributed by atoms with van der Waals surface area (Å²) in [5.74, 6) is -1.67. The maximum Gasteiger partial charge on any atom is 0.265 e. The van der Waals surface area contributed by atoms with Crippen molar-refractivity contribution in [1.82, 2.24) is 10.3 Å². The predicted molar refractivity (Wildman–Crippen MR) is 78.3 cm³/mol. The highest BCUT2D eigenvalue weighted by Crippen LogP contribution is 2.25. The highest BCUT2D eigenvalue weighted by molar-refractivity contribution is 8.24. The first kappa shape index (κ1) is 13.9. The summed E-state index contributed by atoms with van der Waals surface area (Å²) in [6, 6.07) is 5.75. The van der Waals surface area contributed by atoms with Gasteiger partial charge in [-0.2, -0.15) is 0 Å². The van der Waals surface area contributed by atoms with Gasteiger partial charge in [-0.15, -0.1) is 0 Å².